The van der Waals surface area contributed by atoms with Gasteiger partial charge in [-0.3, -0.25) is 65.9 Å². The summed E-state index contributed by atoms with van der Waals surface area (Å²) in [5.41, 5.74) is 19.8. The van der Waals surface area contributed by atoms with Crippen LogP contribution in [-0.4, -0.2) is 229 Å². The predicted molar refractivity (Wildman–Crippen MR) is 513 cm³/mol. The van der Waals surface area contributed by atoms with Crippen molar-refractivity contribution in [2.75, 3.05) is 69.7 Å². The molecule has 59 nitrogen and oxygen atoms in total. The Morgan fingerprint density at radius 3 is 0.897 bits per heavy atom. The summed E-state index contributed by atoms with van der Waals surface area (Å²) in [4.78, 5) is 227. The van der Waals surface area contributed by atoms with Crippen LogP contribution in [0.2, 0.25) is 0 Å². The van der Waals surface area contributed by atoms with E-state index in [1.165, 1.54) is 67.7 Å². The van der Waals surface area contributed by atoms with Crippen molar-refractivity contribution in [3.05, 3.63) is 158 Å². The number of hydrogen-bond acceptors (Lipinski definition) is 56. The van der Waals surface area contributed by atoms with E-state index in [2.05, 4.69) is 64.8 Å². The highest BCUT2D eigenvalue weighted by atomic mass is 32.7. The molecule has 7 aliphatic heterocycles. The van der Waals surface area contributed by atoms with Gasteiger partial charge in [-0.1, -0.05) is 77.8 Å². The number of aromatic nitrogens is 20. The number of nitrogens with one attached hydrogen (secondary N) is 3. The molecule has 11 N–H and O–H groups in total. The van der Waals surface area contributed by atoms with Crippen LogP contribution in [0.4, 0.5) is 23.3 Å². The summed E-state index contributed by atoms with van der Waals surface area (Å²) in [5.74, 6) is 0.0251. The molecule has 0 bridgehead atoms. The Labute approximate surface area is 851 Å². The molecular formula is C72H88N24O35P7S7-7. The van der Waals surface area contributed by atoms with Crippen LogP contribution < -0.4 is 91.7 Å². The van der Waals surface area contributed by atoms with Gasteiger partial charge >= 0.3 is 22.8 Å². The molecule has 0 amide bonds. The number of anilines is 4. The second kappa shape index (κ2) is 44.1. The van der Waals surface area contributed by atoms with E-state index in [9.17, 15) is 67.5 Å². The van der Waals surface area contributed by atoms with Gasteiger partial charge in [-0.15, -0.1) is 0 Å². The van der Waals surface area contributed by atoms with Crippen LogP contribution in [-0.2, 0) is 184 Å². The fourth-order valence-corrected chi connectivity index (χ4v) is 26.7. The zero-order chi connectivity index (χ0) is 104. The van der Waals surface area contributed by atoms with Crippen LogP contribution in [0, 0.1) is 27.7 Å². The zero-order valence-electron chi connectivity index (χ0n) is 76.0. The lowest BCUT2D eigenvalue weighted by Crippen LogP contribution is -2.34. The number of nitrogens with zero attached hydrogens (tertiary/aromatic N) is 17. The summed E-state index contributed by atoms with van der Waals surface area (Å²) >= 11 is 38.1. The molecule has 0 spiro atoms. The molecule has 7 aliphatic rings. The number of nitrogens with two attached hydrogens (primary N) is 4. The molecular weight excluding hydrogens is 2200 g/mol. The molecule has 17 heterocycles. The standard InChI is InChI=1S/C72H95N24O35P7S7/c1-7-35-36(8-53(118-35)94-28-83-56-60(74)77-25-80-63(56)94)126-133(105,140)112-23-47-41(13-54(123-47)95-29-84-57-61(75)78-26-81-64(57)95)130-137(109,144)115-22-46-39(11-51(122-46)92-17-33(4)67(98)88-71(92)102)128-135(107,142)114-20-44-40(12-52(120-44)93-18-34(5)68(99)89-72(93)103)129-136(108,143)117-24-48-42(14-55(124-48)96-30-85-58-62(76)79-27-82-65(58)96)131-138(110,145)116-21-45-38(10-50(121-45)91-16-32(3)66(97)87-70(91)101)127-134(106,141)113-19-43-37(125-132(104,139)111-6)9-49(119-43)90-15-31(2)59(73)86-69(90)100/h15-18,25-30,35-55H,7-14,19-24H2,1-6H3,(H,104,139)(H,105,140)(H,106,141)(H,107,142)(H,108,143)(H,109,144)(H,110,145)(H2,73,86,100)(H2,74,77,80)(H2,75,78,81)(H2,76,79,82)(H,87,97,101)(H,88,98,102)(H,89,99,103)/p-7/t35-,36?,37?,38?,39?,40?,41?,42?,43-,44-,45-,46-,47-,48-,49-,50-,51-,52-,53-,54-,55-,132?,133?,134?,135?,136?,137?,138?/m1/s1. The first-order valence-electron chi connectivity index (χ1n) is 43.5. The smallest absolute Gasteiger partial charge is 0.351 e. The number of ether oxygens (including phenoxy) is 7. The minimum absolute atomic E-state index is 0.00562. The van der Waals surface area contributed by atoms with Crippen LogP contribution in [0.25, 0.3) is 33.5 Å². The predicted octanol–water partition coefficient (Wildman–Crippen LogP) is -2.00. The number of imidazole rings is 3. The molecule has 7 saturated heterocycles. The van der Waals surface area contributed by atoms with Crippen molar-refractivity contribution >= 4 is 187 Å². The number of hydrogen-bond donors (Lipinski definition) is 7. The zero-order valence-corrected chi connectivity index (χ0v) is 88.0. The quantitative estimate of drug-likeness (QED) is 0.0161. The Balaban J connectivity index is 0.579. The monoisotopic (exact) mass is 2290 g/mol. The second-order valence-corrected chi connectivity index (χ2v) is 52.8. The number of nitrogen functional groups attached to an aromatic ring is 4. The van der Waals surface area contributed by atoms with E-state index < -0.39 is 275 Å². The van der Waals surface area contributed by atoms with Gasteiger partial charge in [0, 0.05) is 99.1 Å². The second-order valence-electron chi connectivity index (χ2n) is 33.7. The maximum atomic E-state index is 15.0. The molecule has 0 saturated carbocycles. The lowest BCUT2D eigenvalue weighted by atomic mass is 10.1. The van der Waals surface area contributed by atoms with Crippen molar-refractivity contribution < 1.29 is 130 Å². The van der Waals surface area contributed by atoms with Crippen molar-refractivity contribution in [2.45, 2.75) is 215 Å². The molecule has 145 heavy (non-hydrogen) atoms. The van der Waals surface area contributed by atoms with Crippen LogP contribution >= 0.6 is 47.1 Å². The fourth-order valence-electron chi connectivity index (χ4n) is 16.9. The van der Waals surface area contributed by atoms with E-state index in [0.29, 0.717) is 23.1 Å². The third-order valence-electron chi connectivity index (χ3n) is 24.1. The molecule has 0 radical (unpaired) electrons. The molecule has 28 atom stereocenters. The molecule has 10 aromatic rings. The van der Waals surface area contributed by atoms with Crippen molar-refractivity contribution in [2.24, 2.45) is 0 Å². The van der Waals surface area contributed by atoms with Gasteiger partial charge in [0.15, 0.2) is 41.2 Å². The van der Waals surface area contributed by atoms with Gasteiger partial charge in [0.1, 0.15) is 162 Å². The highest BCUT2D eigenvalue weighted by molar-refractivity contribution is 8.32. The molecule has 14 unspecified atom stereocenters. The van der Waals surface area contributed by atoms with Crippen molar-refractivity contribution in [3.8, 4) is 0 Å². The number of aromatic amines is 3. The molecule has 17 rings (SSSR count). The third-order valence-corrected chi connectivity index (χ3v) is 35.2. The van der Waals surface area contributed by atoms with E-state index in [1.807, 2.05) is 6.92 Å². The van der Waals surface area contributed by atoms with Crippen LogP contribution in [0.5, 0.6) is 0 Å². The SMILES string of the molecule is CC[C@H]1O[C@@H](n2cnc3c(N)ncnc32)CC1OP([O-])(=S)OC[C@H]1O[C@@H](n2cnc3c(N)ncnc32)CC1OP(=O)([S-])OC[C@H]1O[C@@H](n2cc(C)c(=O)[nH]c2=O)CC1OP([O-])(=S)OC[C@H]1O[C@@H](n2cc(C)c(=O)[nH]c2=O)CC1OP([O-])(=S)OC[C@H]1O[C@@H](n2cnc3c(N)ncnc32)CC1OP([O-])(=S)OC[C@H]1O[C@@H](n2cc(C)c(=O)[nH]c2=O)CC1OP([O-])(=S)OC[C@H]1O[C@@H](n2cc(C)c(N)nc2=O)CC1OP([O-])(=S)OC. The van der Waals surface area contributed by atoms with Gasteiger partial charge in [-0.25, -0.2) is 64.0 Å². The van der Waals surface area contributed by atoms with E-state index in [0.717, 1.165) is 50.3 Å². The first-order valence-corrected chi connectivity index (χ1v) is 61.4. The molecule has 0 aromatic carbocycles. The summed E-state index contributed by atoms with van der Waals surface area (Å²) in [7, 11) is 1.03. The van der Waals surface area contributed by atoms with Gasteiger partial charge in [-0.05, 0) is 34.1 Å². The minimum Gasteiger partial charge on any atom is -0.780 e. The average molecular weight is 2290 g/mol. The lowest BCUT2D eigenvalue weighted by Gasteiger charge is -2.36. The Kier molecular flexibility index (Phi) is 33.3. The topological polar surface area (TPSA) is 784 Å². The van der Waals surface area contributed by atoms with E-state index in [1.54, 1.807) is 11.5 Å². The van der Waals surface area contributed by atoms with E-state index >= 15 is 0 Å². The number of fused-ring (bicyclic) bond motifs is 3. The van der Waals surface area contributed by atoms with Gasteiger partial charge in [0.05, 0.1) is 107 Å². The maximum Gasteiger partial charge on any atom is 0.351 e. The Morgan fingerprint density at radius 2 is 0.607 bits per heavy atom. The Hall–Kier alpha value is -6.83. The molecule has 7 fully saturated rings. The van der Waals surface area contributed by atoms with Crippen molar-refractivity contribution in [1.82, 2.24) is 96.8 Å². The number of aryl methyl sites for hydroxylation is 4. The number of H-pyrrole nitrogens is 3. The Morgan fingerprint density at radius 1 is 0.359 bits per heavy atom. The first-order chi connectivity index (χ1) is 68.4. The largest absolute Gasteiger partial charge is 0.780 e. The lowest BCUT2D eigenvalue weighted by molar-refractivity contribution is -0.221. The highest BCUT2D eigenvalue weighted by Gasteiger charge is 2.50. The molecule has 10 aromatic heterocycles. The van der Waals surface area contributed by atoms with Crippen molar-refractivity contribution in [1.29, 1.82) is 0 Å². The minimum atomic E-state index is -5.05. The van der Waals surface area contributed by atoms with Crippen molar-refractivity contribution in [3.63, 3.8) is 0 Å². The first kappa shape index (κ1) is 109. The fraction of sp³-hybridized carbons (Fsp3) is 0.569. The highest BCUT2D eigenvalue weighted by Crippen LogP contribution is 2.57. The molecule has 0 aliphatic carbocycles. The number of rotatable bonds is 41. The van der Waals surface area contributed by atoms with Gasteiger partial charge in [0.25, 0.3) is 16.7 Å². The summed E-state index contributed by atoms with van der Waals surface area (Å²) in [6.45, 7) is -31.1. The van der Waals surface area contributed by atoms with Crippen LogP contribution in [0.15, 0.2) is 96.3 Å². The van der Waals surface area contributed by atoms with Crippen LogP contribution in [0.1, 0.15) is 124 Å². The van der Waals surface area contributed by atoms with E-state index in [4.69, 9.17) is 203 Å². The van der Waals surface area contributed by atoms with Crippen LogP contribution in [0.3, 0.4) is 0 Å². The summed E-state index contributed by atoms with van der Waals surface area (Å²) < 4.78 is 149. The van der Waals surface area contributed by atoms with E-state index in [-0.39, 0.29) is 88.0 Å². The summed E-state index contributed by atoms with van der Waals surface area (Å²) in [5, 5.41) is 0. The third kappa shape index (κ3) is 25.4. The normalized spacial score (nSPS) is 29.6. The maximum absolute atomic E-state index is 15.0. The summed E-state index contributed by atoms with van der Waals surface area (Å²) in [6, 6.07) is 0. The van der Waals surface area contributed by atoms with Gasteiger partial charge in [-0.2, -0.15) is 4.98 Å². The summed E-state index contributed by atoms with van der Waals surface area (Å²) in [6.07, 6.45) is -17.3. The Bertz CT molecular complexity index is 7400. The molecule has 73 heteroatoms. The average Bonchev–Trinajstić information content (AvgIpc) is 1.63. The van der Waals surface area contributed by atoms with Gasteiger partial charge < -0.3 is 161 Å². The molecule has 790 valence electrons. The van der Waals surface area contributed by atoms with Gasteiger partial charge in [0.2, 0.25) is 0 Å².